The summed E-state index contributed by atoms with van der Waals surface area (Å²) in [5.74, 6) is 0. The van der Waals surface area contributed by atoms with E-state index in [0.717, 1.165) is 25.7 Å². The van der Waals surface area contributed by atoms with E-state index in [0.29, 0.717) is 6.42 Å². The van der Waals surface area contributed by atoms with Gasteiger partial charge >= 0.3 is 0 Å². The second-order valence-corrected chi connectivity index (χ2v) is 3.36. The Hall–Kier alpha value is -1.29. The minimum absolute atomic E-state index is 0.637. The first-order valence-electron chi connectivity index (χ1n) is 5.75. The van der Waals surface area contributed by atoms with Crippen LogP contribution >= 0.6 is 0 Å². The molecule has 0 fully saturated rings. The van der Waals surface area contributed by atoms with Crippen molar-refractivity contribution < 1.29 is 0 Å². The summed E-state index contributed by atoms with van der Waals surface area (Å²) < 4.78 is 0. The van der Waals surface area contributed by atoms with Crippen molar-refractivity contribution in [2.24, 2.45) is 0 Å². The zero-order valence-corrected chi connectivity index (χ0v) is 9.65. The van der Waals surface area contributed by atoms with Gasteiger partial charge in [0.1, 0.15) is 0 Å². The van der Waals surface area contributed by atoms with Crippen molar-refractivity contribution in [3.8, 4) is 6.07 Å². The van der Waals surface area contributed by atoms with E-state index in [1.807, 2.05) is 0 Å². The Bertz CT molecular complexity index is 241. The largest absolute Gasteiger partial charge is 0.198 e. The van der Waals surface area contributed by atoms with Gasteiger partial charge in [-0.2, -0.15) is 5.26 Å². The highest BCUT2D eigenvalue weighted by atomic mass is 14.2. The fourth-order valence-corrected chi connectivity index (χ4v) is 1.13. The molecule has 0 spiro atoms. The summed E-state index contributed by atoms with van der Waals surface area (Å²) in [6, 6.07) is 2.13. The first-order valence-corrected chi connectivity index (χ1v) is 5.75. The maximum atomic E-state index is 8.31. The van der Waals surface area contributed by atoms with Crippen LogP contribution in [0.3, 0.4) is 0 Å². The molecule has 0 amide bonds. The molecule has 0 N–H and O–H groups in total. The van der Waals surface area contributed by atoms with E-state index < -0.39 is 0 Å². The molecule has 0 aliphatic rings. The van der Waals surface area contributed by atoms with Gasteiger partial charge in [-0.3, -0.25) is 0 Å². The standard InChI is InChI=1S/C14H21N/c1-2-3-4-5-6-7-8-9-10-11-12-13-14-15/h3-6,10-11H,2,7-9,12-13H2,1H3/b4-3+,6-5+,11-10+. The fourth-order valence-electron chi connectivity index (χ4n) is 1.13. The quantitative estimate of drug-likeness (QED) is 0.323. The lowest BCUT2D eigenvalue weighted by molar-refractivity contribution is 0.863. The average Bonchev–Trinajstić information content (AvgIpc) is 2.26. The van der Waals surface area contributed by atoms with Crippen LogP contribution in [-0.2, 0) is 0 Å². The van der Waals surface area contributed by atoms with Gasteiger partial charge in [0.05, 0.1) is 6.07 Å². The number of nitriles is 1. The van der Waals surface area contributed by atoms with E-state index in [1.165, 1.54) is 6.42 Å². The van der Waals surface area contributed by atoms with E-state index >= 15 is 0 Å². The number of nitrogens with zero attached hydrogens (tertiary/aromatic N) is 1. The summed E-state index contributed by atoms with van der Waals surface area (Å²) in [6.07, 6.45) is 18.9. The molecular weight excluding hydrogens is 182 g/mol. The monoisotopic (exact) mass is 203 g/mol. The molecule has 0 atom stereocenters. The Labute approximate surface area is 93.8 Å². The highest BCUT2D eigenvalue weighted by molar-refractivity contribution is 5.02. The summed E-state index contributed by atoms with van der Waals surface area (Å²) in [5, 5.41) is 8.31. The normalized spacial score (nSPS) is 11.7. The molecule has 1 nitrogen and oxygen atoms in total. The summed E-state index contributed by atoms with van der Waals surface area (Å²) >= 11 is 0. The van der Waals surface area contributed by atoms with Crippen molar-refractivity contribution in [2.45, 2.75) is 45.4 Å². The zero-order chi connectivity index (χ0) is 11.2. The van der Waals surface area contributed by atoms with Crippen molar-refractivity contribution in [1.29, 1.82) is 5.26 Å². The topological polar surface area (TPSA) is 23.8 Å². The number of hydrogen-bond acceptors (Lipinski definition) is 1. The predicted molar refractivity (Wildman–Crippen MR) is 66.4 cm³/mol. The molecular formula is C14H21N. The third-order valence-electron chi connectivity index (χ3n) is 1.95. The van der Waals surface area contributed by atoms with E-state index in [-0.39, 0.29) is 0 Å². The molecule has 0 aliphatic carbocycles. The number of rotatable bonds is 8. The maximum absolute atomic E-state index is 8.31. The summed E-state index contributed by atoms with van der Waals surface area (Å²) in [5.41, 5.74) is 0. The van der Waals surface area contributed by atoms with Crippen LogP contribution in [0.4, 0.5) is 0 Å². The van der Waals surface area contributed by atoms with Crippen LogP contribution in [0.25, 0.3) is 0 Å². The maximum Gasteiger partial charge on any atom is 0.0624 e. The smallest absolute Gasteiger partial charge is 0.0624 e. The van der Waals surface area contributed by atoms with Gasteiger partial charge in [-0.15, -0.1) is 0 Å². The van der Waals surface area contributed by atoms with E-state index in [1.54, 1.807) is 0 Å². The van der Waals surface area contributed by atoms with Gasteiger partial charge in [0, 0.05) is 6.42 Å². The van der Waals surface area contributed by atoms with Crippen molar-refractivity contribution in [2.75, 3.05) is 0 Å². The Kier molecular flexibility index (Phi) is 11.6. The SMILES string of the molecule is CC/C=C/C=C/CCC/C=C/CCC#N. The Morgan fingerprint density at radius 3 is 2.33 bits per heavy atom. The van der Waals surface area contributed by atoms with Gasteiger partial charge in [-0.25, -0.2) is 0 Å². The third-order valence-corrected chi connectivity index (χ3v) is 1.95. The Morgan fingerprint density at radius 1 is 0.933 bits per heavy atom. The summed E-state index contributed by atoms with van der Waals surface area (Å²) in [7, 11) is 0. The second kappa shape index (κ2) is 12.7. The molecule has 0 unspecified atom stereocenters. The van der Waals surface area contributed by atoms with Crippen LogP contribution in [0, 0.1) is 11.3 Å². The third kappa shape index (κ3) is 12.7. The van der Waals surface area contributed by atoms with E-state index in [2.05, 4.69) is 49.4 Å². The van der Waals surface area contributed by atoms with Gasteiger partial charge in [0.15, 0.2) is 0 Å². The molecule has 15 heavy (non-hydrogen) atoms. The van der Waals surface area contributed by atoms with Crippen molar-refractivity contribution >= 4 is 0 Å². The molecule has 0 radical (unpaired) electrons. The molecule has 0 aromatic carbocycles. The van der Waals surface area contributed by atoms with Gasteiger partial charge in [0.2, 0.25) is 0 Å². The van der Waals surface area contributed by atoms with Crippen LogP contribution in [-0.4, -0.2) is 0 Å². The minimum Gasteiger partial charge on any atom is -0.198 e. The molecule has 0 aromatic rings. The number of allylic oxidation sites excluding steroid dienone is 6. The van der Waals surface area contributed by atoms with Crippen LogP contribution in [0.15, 0.2) is 36.5 Å². The summed E-state index contributed by atoms with van der Waals surface area (Å²) in [6.45, 7) is 2.14. The van der Waals surface area contributed by atoms with Crippen molar-refractivity contribution in [3.05, 3.63) is 36.5 Å². The van der Waals surface area contributed by atoms with Crippen LogP contribution in [0.5, 0.6) is 0 Å². The molecule has 0 saturated carbocycles. The minimum atomic E-state index is 0.637. The Morgan fingerprint density at radius 2 is 1.60 bits per heavy atom. The van der Waals surface area contributed by atoms with Crippen LogP contribution in [0.2, 0.25) is 0 Å². The molecule has 0 saturated heterocycles. The molecule has 1 heteroatoms. The molecule has 0 rings (SSSR count). The zero-order valence-electron chi connectivity index (χ0n) is 9.65. The van der Waals surface area contributed by atoms with Crippen LogP contribution in [0.1, 0.15) is 45.4 Å². The van der Waals surface area contributed by atoms with Gasteiger partial charge in [0.25, 0.3) is 0 Å². The van der Waals surface area contributed by atoms with Gasteiger partial charge in [-0.05, 0) is 32.1 Å². The molecule has 0 bridgehead atoms. The van der Waals surface area contributed by atoms with Crippen LogP contribution < -0.4 is 0 Å². The first kappa shape index (κ1) is 13.7. The lowest BCUT2D eigenvalue weighted by atomic mass is 10.2. The number of hydrogen-bond donors (Lipinski definition) is 0. The molecule has 0 heterocycles. The van der Waals surface area contributed by atoms with Crippen molar-refractivity contribution in [1.82, 2.24) is 0 Å². The predicted octanol–water partition coefficient (Wildman–Crippen LogP) is 4.54. The second-order valence-electron chi connectivity index (χ2n) is 3.36. The summed E-state index contributed by atoms with van der Waals surface area (Å²) in [4.78, 5) is 0. The van der Waals surface area contributed by atoms with Gasteiger partial charge in [-0.1, -0.05) is 43.4 Å². The number of unbranched alkanes of at least 4 members (excludes halogenated alkanes) is 3. The highest BCUT2D eigenvalue weighted by Crippen LogP contribution is 1.99. The highest BCUT2D eigenvalue weighted by Gasteiger charge is 1.80. The average molecular weight is 203 g/mol. The molecule has 0 aliphatic heterocycles. The van der Waals surface area contributed by atoms with E-state index in [4.69, 9.17) is 5.26 Å². The van der Waals surface area contributed by atoms with E-state index in [9.17, 15) is 0 Å². The van der Waals surface area contributed by atoms with Gasteiger partial charge < -0.3 is 0 Å². The fraction of sp³-hybridized carbons (Fsp3) is 0.500. The van der Waals surface area contributed by atoms with Crippen molar-refractivity contribution in [3.63, 3.8) is 0 Å². The first-order chi connectivity index (χ1) is 7.41. The molecule has 0 aromatic heterocycles. The molecule has 82 valence electrons. The lowest BCUT2D eigenvalue weighted by Gasteiger charge is -1.89. The Balaban J connectivity index is 3.24. The lowest BCUT2D eigenvalue weighted by Crippen LogP contribution is -1.70.